The van der Waals surface area contributed by atoms with Crippen molar-refractivity contribution in [2.75, 3.05) is 6.26 Å². The maximum Gasteiger partial charge on any atom is 0.0406 e. The highest BCUT2D eigenvalue weighted by Gasteiger charge is 1.95. The molecule has 0 aliphatic heterocycles. The third kappa shape index (κ3) is 2.92. The molecular weight excluding hydrogens is 188 g/mol. The third-order valence-corrected chi connectivity index (χ3v) is 2.58. The van der Waals surface area contributed by atoms with E-state index in [9.17, 15) is 0 Å². The van der Waals surface area contributed by atoms with Gasteiger partial charge in [-0.3, -0.25) is 0 Å². The molecule has 0 nitrogen and oxygen atoms in total. The summed E-state index contributed by atoms with van der Waals surface area (Å²) in [6.07, 6.45) is 2.97. The minimum Gasteiger partial charge on any atom is -0.134 e. The van der Waals surface area contributed by atoms with E-state index in [1.54, 1.807) is 11.8 Å². The van der Waals surface area contributed by atoms with Gasteiger partial charge in [0.1, 0.15) is 0 Å². The lowest BCUT2D eigenvalue weighted by Crippen LogP contribution is -1.84. The SMILES string of the molecule is C=C(Cc1ccc(Cl)cc1)SC. The van der Waals surface area contributed by atoms with Gasteiger partial charge in [-0.05, 0) is 28.9 Å². The molecule has 0 spiro atoms. The first kappa shape index (κ1) is 9.69. The van der Waals surface area contributed by atoms with Crippen LogP contribution in [0.4, 0.5) is 0 Å². The smallest absolute Gasteiger partial charge is 0.0406 e. The Balaban J connectivity index is 2.64. The Hall–Kier alpha value is -0.400. The van der Waals surface area contributed by atoms with Crippen LogP contribution >= 0.6 is 23.4 Å². The average Bonchev–Trinajstić information content (AvgIpc) is 2.09. The summed E-state index contributed by atoms with van der Waals surface area (Å²) in [4.78, 5) is 1.18. The van der Waals surface area contributed by atoms with Crippen LogP contribution in [-0.2, 0) is 6.42 Å². The fraction of sp³-hybridized carbons (Fsp3) is 0.200. The Bertz CT molecular complexity index is 264. The summed E-state index contributed by atoms with van der Waals surface area (Å²) in [5.74, 6) is 0. The van der Waals surface area contributed by atoms with Crippen LogP contribution in [0.5, 0.6) is 0 Å². The second-order valence-corrected chi connectivity index (χ2v) is 3.97. The van der Waals surface area contributed by atoms with E-state index in [1.807, 2.05) is 30.5 Å². The second kappa shape index (κ2) is 4.58. The van der Waals surface area contributed by atoms with Crippen LogP contribution in [0.15, 0.2) is 35.7 Å². The monoisotopic (exact) mass is 198 g/mol. The van der Waals surface area contributed by atoms with E-state index in [4.69, 9.17) is 11.6 Å². The normalized spacial score (nSPS) is 9.83. The van der Waals surface area contributed by atoms with E-state index in [0.717, 1.165) is 11.4 Å². The molecule has 0 saturated carbocycles. The van der Waals surface area contributed by atoms with E-state index in [1.165, 1.54) is 10.5 Å². The van der Waals surface area contributed by atoms with Crippen molar-refractivity contribution < 1.29 is 0 Å². The van der Waals surface area contributed by atoms with Crippen molar-refractivity contribution in [1.29, 1.82) is 0 Å². The van der Waals surface area contributed by atoms with E-state index in [0.29, 0.717) is 0 Å². The van der Waals surface area contributed by atoms with E-state index in [2.05, 4.69) is 6.58 Å². The zero-order valence-electron chi connectivity index (χ0n) is 7.01. The molecule has 0 bridgehead atoms. The molecular formula is C10H11ClS. The van der Waals surface area contributed by atoms with Crippen LogP contribution < -0.4 is 0 Å². The molecule has 1 aromatic rings. The first-order valence-corrected chi connectivity index (χ1v) is 5.29. The predicted molar refractivity (Wildman–Crippen MR) is 57.8 cm³/mol. The van der Waals surface area contributed by atoms with Gasteiger partial charge in [0.05, 0.1) is 0 Å². The Labute approximate surface area is 82.6 Å². The quantitative estimate of drug-likeness (QED) is 0.713. The number of allylic oxidation sites excluding steroid dienone is 1. The lowest BCUT2D eigenvalue weighted by atomic mass is 10.1. The summed E-state index contributed by atoms with van der Waals surface area (Å²) in [5.41, 5.74) is 1.26. The van der Waals surface area contributed by atoms with Crippen LogP contribution in [0.3, 0.4) is 0 Å². The Morgan fingerprint density at radius 3 is 2.50 bits per heavy atom. The van der Waals surface area contributed by atoms with Gasteiger partial charge < -0.3 is 0 Å². The van der Waals surface area contributed by atoms with Crippen LogP contribution in [0.2, 0.25) is 5.02 Å². The van der Waals surface area contributed by atoms with Crippen molar-refractivity contribution in [2.24, 2.45) is 0 Å². The van der Waals surface area contributed by atoms with Gasteiger partial charge in [-0.15, -0.1) is 11.8 Å². The minimum absolute atomic E-state index is 0.786. The zero-order valence-corrected chi connectivity index (χ0v) is 8.58. The molecule has 1 rings (SSSR count). The fourth-order valence-corrected chi connectivity index (χ4v) is 1.34. The molecule has 2 heteroatoms. The molecule has 0 amide bonds. The number of thioether (sulfide) groups is 1. The van der Waals surface area contributed by atoms with Crippen LogP contribution in [0, 0.1) is 0 Å². The molecule has 64 valence electrons. The molecule has 0 heterocycles. The molecule has 0 aliphatic rings. The molecule has 0 N–H and O–H groups in total. The zero-order chi connectivity index (χ0) is 8.97. The highest BCUT2D eigenvalue weighted by molar-refractivity contribution is 8.02. The average molecular weight is 199 g/mol. The first-order valence-electron chi connectivity index (χ1n) is 3.68. The number of halogens is 1. The predicted octanol–water partition coefficient (Wildman–Crippen LogP) is 3.76. The van der Waals surface area contributed by atoms with Crippen molar-refractivity contribution in [3.63, 3.8) is 0 Å². The first-order chi connectivity index (χ1) is 5.72. The summed E-state index contributed by atoms with van der Waals surface area (Å²) in [6, 6.07) is 7.88. The molecule has 1 aromatic carbocycles. The molecule has 0 saturated heterocycles. The molecule has 0 aliphatic carbocycles. The van der Waals surface area contributed by atoms with Crippen molar-refractivity contribution in [3.8, 4) is 0 Å². The highest BCUT2D eigenvalue weighted by Crippen LogP contribution is 2.17. The molecule has 0 radical (unpaired) electrons. The van der Waals surface area contributed by atoms with Gasteiger partial charge >= 0.3 is 0 Å². The maximum absolute atomic E-state index is 5.75. The highest BCUT2D eigenvalue weighted by atomic mass is 35.5. The topological polar surface area (TPSA) is 0 Å². The largest absolute Gasteiger partial charge is 0.134 e. The van der Waals surface area contributed by atoms with Gasteiger partial charge in [0, 0.05) is 11.4 Å². The van der Waals surface area contributed by atoms with Crippen LogP contribution in [-0.4, -0.2) is 6.26 Å². The Kier molecular flexibility index (Phi) is 3.70. The van der Waals surface area contributed by atoms with E-state index in [-0.39, 0.29) is 0 Å². The molecule has 0 aromatic heterocycles. The summed E-state index contributed by atoms with van der Waals surface area (Å²) in [7, 11) is 0. The van der Waals surface area contributed by atoms with Gasteiger partial charge in [0.25, 0.3) is 0 Å². The number of hydrogen-bond donors (Lipinski definition) is 0. The van der Waals surface area contributed by atoms with Gasteiger partial charge in [0.15, 0.2) is 0 Å². The third-order valence-electron chi connectivity index (χ3n) is 1.60. The standard InChI is InChI=1S/C10H11ClS/c1-8(12-2)7-9-3-5-10(11)6-4-9/h3-6H,1,7H2,2H3. The number of hydrogen-bond acceptors (Lipinski definition) is 1. The molecule has 0 unspecified atom stereocenters. The fourth-order valence-electron chi connectivity index (χ4n) is 0.902. The summed E-state index contributed by atoms with van der Waals surface area (Å²) < 4.78 is 0. The minimum atomic E-state index is 0.786. The summed E-state index contributed by atoms with van der Waals surface area (Å²) in [6.45, 7) is 3.92. The van der Waals surface area contributed by atoms with Gasteiger partial charge in [0.2, 0.25) is 0 Å². The van der Waals surface area contributed by atoms with Crippen molar-refractivity contribution in [2.45, 2.75) is 6.42 Å². The second-order valence-electron chi connectivity index (χ2n) is 2.55. The number of rotatable bonds is 3. The molecule has 12 heavy (non-hydrogen) atoms. The van der Waals surface area contributed by atoms with Crippen molar-refractivity contribution in [1.82, 2.24) is 0 Å². The van der Waals surface area contributed by atoms with E-state index >= 15 is 0 Å². The Morgan fingerprint density at radius 2 is 2.00 bits per heavy atom. The van der Waals surface area contributed by atoms with Crippen LogP contribution in [0.1, 0.15) is 5.56 Å². The summed E-state index contributed by atoms with van der Waals surface area (Å²) >= 11 is 7.45. The maximum atomic E-state index is 5.75. The van der Waals surface area contributed by atoms with Crippen molar-refractivity contribution >= 4 is 23.4 Å². The van der Waals surface area contributed by atoms with Gasteiger partial charge in [-0.1, -0.05) is 30.3 Å². The Morgan fingerprint density at radius 1 is 1.42 bits per heavy atom. The van der Waals surface area contributed by atoms with Gasteiger partial charge in [-0.25, -0.2) is 0 Å². The number of benzene rings is 1. The lowest BCUT2D eigenvalue weighted by molar-refractivity contribution is 1.26. The van der Waals surface area contributed by atoms with Gasteiger partial charge in [-0.2, -0.15) is 0 Å². The van der Waals surface area contributed by atoms with Crippen molar-refractivity contribution in [3.05, 3.63) is 46.3 Å². The van der Waals surface area contributed by atoms with E-state index < -0.39 is 0 Å². The summed E-state index contributed by atoms with van der Waals surface area (Å²) in [5, 5.41) is 0.786. The molecule has 0 fully saturated rings. The molecule has 0 atom stereocenters. The van der Waals surface area contributed by atoms with Crippen LogP contribution in [0.25, 0.3) is 0 Å². The lowest BCUT2D eigenvalue weighted by Gasteiger charge is -2.01.